The van der Waals surface area contributed by atoms with Crippen LogP contribution in [0.5, 0.6) is 0 Å². The minimum Gasteiger partial charge on any atom is -0.265 e. The molecule has 0 amide bonds. The zero-order chi connectivity index (χ0) is 12.2. The number of pyridine rings is 1. The Labute approximate surface area is 126 Å². The quantitative estimate of drug-likeness (QED) is 0.595. The molecule has 2 aromatic carbocycles. The molecule has 0 N–H and O–H groups in total. The molecule has 0 unspecified atom stereocenters. The molecule has 0 saturated heterocycles. The fourth-order valence-corrected chi connectivity index (χ4v) is 2.03. The molecule has 0 aliphatic rings. The number of hydrogen-bond acceptors (Lipinski definition) is 1. The fraction of sp³-hybridized carbons (Fsp3) is 0. The second kappa shape index (κ2) is 6.42. The van der Waals surface area contributed by atoms with Crippen molar-refractivity contribution in [2.75, 3.05) is 0 Å². The first-order valence-corrected chi connectivity index (χ1v) is 5.99. The SMILES string of the molecule is [Ir].c1ccc(-c2ccc(-c3ccncc3)cc2)cc1. The van der Waals surface area contributed by atoms with Gasteiger partial charge in [-0.25, -0.2) is 0 Å². The second-order valence-electron chi connectivity index (χ2n) is 4.18. The molecule has 0 bridgehead atoms. The maximum absolute atomic E-state index is 4.04. The number of nitrogens with zero attached hydrogens (tertiary/aromatic N) is 1. The first-order valence-electron chi connectivity index (χ1n) is 5.99. The summed E-state index contributed by atoms with van der Waals surface area (Å²) in [6, 6.07) is 23.1. The van der Waals surface area contributed by atoms with E-state index in [0.29, 0.717) is 0 Å². The van der Waals surface area contributed by atoms with Crippen molar-refractivity contribution in [1.82, 2.24) is 4.98 Å². The van der Waals surface area contributed by atoms with Gasteiger partial charge in [-0.2, -0.15) is 0 Å². The van der Waals surface area contributed by atoms with Gasteiger partial charge in [0.05, 0.1) is 0 Å². The van der Waals surface area contributed by atoms with Gasteiger partial charge in [0.2, 0.25) is 0 Å². The third-order valence-corrected chi connectivity index (χ3v) is 3.01. The number of aromatic nitrogens is 1. The van der Waals surface area contributed by atoms with Crippen molar-refractivity contribution in [2.45, 2.75) is 0 Å². The summed E-state index contributed by atoms with van der Waals surface area (Å²) in [5, 5.41) is 0. The molecule has 1 nitrogen and oxygen atoms in total. The van der Waals surface area contributed by atoms with Gasteiger partial charge in [0.25, 0.3) is 0 Å². The average Bonchev–Trinajstić information content (AvgIpc) is 2.49. The van der Waals surface area contributed by atoms with Crippen LogP contribution >= 0.6 is 0 Å². The van der Waals surface area contributed by atoms with Crippen molar-refractivity contribution < 1.29 is 20.1 Å². The Kier molecular flexibility index (Phi) is 4.62. The summed E-state index contributed by atoms with van der Waals surface area (Å²) in [5.41, 5.74) is 4.91. The standard InChI is InChI=1S/C17H13N.Ir/c1-2-4-14(5-3-1)15-6-8-16(9-7-15)17-10-12-18-13-11-17;/h1-13H;. The molecule has 0 aliphatic heterocycles. The van der Waals surface area contributed by atoms with Crippen molar-refractivity contribution in [2.24, 2.45) is 0 Å². The van der Waals surface area contributed by atoms with Gasteiger partial charge < -0.3 is 0 Å². The van der Waals surface area contributed by atoms with Gasteiger partial charge in [-0.05, 0) is 34.4 Å². The smallest absolute Gasteiger partial charge is 0.0273 e. The van der Waals surface area contributed by atoms with E-state index in [4.69, 9.17) is 0 Å². The summed E-state index contributed by atoms with van der Waals surface area (Å²) in [4.78, 5) is 4.04. The summed E-state index contributed by atoms with van der Waals surface area (Å²) in [6.07, 6.45) is 3.64. The predicted molar refractivity (Wildman–Crippen MR) is 75.1 cm³/mol. The summed E-state index contributed by atoms with van der Waals surface area (Å²) >= 11 is 0. The zero-order valence-corrected chi connectivity index (χ0v) is 12.7. The van der Waals surface area contributed by atoms with E-state index in [2.05, 4.69) is 53.5 Å². The van der Waals surface area contributed by atoms with E-state index in [1.807, 2.05) is 30.6 Å². The molecule has 19 heavy (non-hydrogen) atoms. The molecule has 2 heteroatoms. The second-order valence-corrected chi connectivity index (χ2v) is 4.18. The molecule has 0 fully saturated rings. The van der Waals surface area contributed by atoms with Crippen molar-refractivity contribution >= 4 is 0 Å². The Morgan fingerprint density at radius 2 is 0.895 bits per heavy atom. The monoisotopic (exact) mass is 424 g/mol. The summed E-state index contributed by atoms with van der Waals surface area (Å²) in [5.74, 6) is 0. The summed E-state index contributed by atoms with van der Waals surface area (Å²) < 4.78 is 0. The summed E-state index contributed by atoms with van der Waals surface area (Å²) in [6.45, 7) is 0. The normalized spacial score (nSPS) is 9.68. The van der Waals surface area contributed by atoms with Crippen LogP contribution in [0.2, 0.25) is 0 Å². The number of hydrogen-bond donors (Lipinski definition) is 0. The molecule has 1 heterocycles. The molecule has 1 aromatic heterocycles. The summed E-state index contributed by atoms with van der Waals surface area (Å²) in [7, 11) is 0. The van der Waals surface area contributed by atoms with Crippen LogP contribution in [-0.4, -0.2) is 4.98 Å². The number of benzene rings is 2. The molecule has 0 atom stereocenters. The van der Waals surface area contributed by atoms with Crippen LogP contribution in [-0.2, 0) is 20.1 Å². The van der Waals surface area contributed by atoms with E-state index >= 15 is 0 Å². The van der Waals surface area contributed by atoms with Crippen molar-refractivity contribution in [3.05, 3.63) is 79.1 Å². The molecule has 0 aliphatic carbocycles. The van der Waals surface area contributed by atoms with Crippen molar-refractivity contribution in [3.8, 4) is 22.3 Å². The van der Waals surface area contributed by atoms with Crippen LogP contribution in [0.25, 0.3) is 22.3 Å². The van der Waals surface area contributed by atoms with E-state index in [9.17, 15) is 0 Å². The fourth-order valence-electron chi connectivity index (χ4n) is 2.03. The van der Waals surface area contributed by atoms with Gasteiger partial charge in [0, 0.05) is 32.5 Å². The van der Waals surface area contributed by atoms with Gasteiger partial charge >= 0.3 is 0 Å². The number of rotatable bonds is 2. The Bertz CT molecular complexity index is 560. The maximum atomic E-state index is 4.04. The molecular formula is C17H13IrN. The van der Waals surface area contributed by atoms with E-state index in [1.54, 1.807) is 0 Å². The minimum absolute atomic E-state index is 0. The van der Waals surface area contributed by atoms with Gasteiger partial charge in [-0.3, -0.25) is 4.98 Å². The van der Waals surface area contributed by atoms with E-state index in [1.165, 1.54) is 22.3 Å². The molecular weight excluding hydrogens is 410 g/mol. The largest absolute Gasteiger partial charge is 0.265 e. The molecule has 0 spiro atoms. The van der Waals surface area contributed by atoms with Gasteiger partial charge in [-0.15, -0.1) is 0 Å². The van der Waals surface area contributed by atoms with E-state index in [0.717, 1.165) is 0 Å². The van der Waals surface area contributed by atoms with Crippen LogP contribution in [0.1, 0.15) is 0 Å². The Morgan fingerprint density at radius 1 is 0.474 bits per heavy atom. The predicted octanol–water partition coefficient (Wildman–Crippen LogP) is 4.41. The minimum atomic E-state index is 0. The Balaban J connectivity index is 0.00000133. The first kappa shape index (κ1) is 13.7. The van der Waals surface area contributed by atoms with Crippen LogP contribution in [0, 0.1) is 0 Å². The molecule has 3 rings (SSSR count). The van der Waals surface area contributed by atoms with Crippen LogP contribution in [0.15, 0.2) is 79.1 Å². The van der Waals surface area contributed by atoms with Gasteiger partial charge in [-0.1, -0.05) is 54.6 Å². The van der Waals surface area contributed by atoms with Gasteiger partial charge in [0.1, 0.15) is 0 Å². The van der Waals surface area contributed by atoms with E-state index in [-0.39, 0.29) is 20.1 Å². The van der Waals surface area contributed by atoms with Crippen molar-refractivity contribution in [3.63, 3.8) is 0 Å². The van der Waals surface area contributed by atoms with Crippen molar-refractivity contribution in [1.29, 1.82) is 0 Å². The van der Waals surface area contributed by atoms with Crippen LogP contribution in [0.4, 0.5) is 0 Å². The topological polar surface area (TPSA) is 12.9 Å². The molecule has 3 aromatic rings. The first-order chi connectivity index (χ1) is 8.93. The molecule has 0 saturated carbocycles. The third kappa shape index (κ3) is 3.17. The zero-order valence-electron chi connectivity index (χ0n) is 10.3. The van der Waals surface area contributed by atoms with Crippen LogP contribution < -0.4 is 0 Å². The van der Waals surface area contributed by atoms with Gasteiger partial charge in [0.15, 0.2) is 0 Å². The Morgan fingerprint density at radius 3 is 1.42 bits per heavy atom. The molecule has 95 valence electrons. The molecule has 1 radical (unpaired) electrons. The third-order valence-electron chi connectivity index (χ3n) is 3.01. The maximum Gasteiger partial charge on any atom is 0.0273 e. The van der Waals surface area contributed by atoms with E-state index < -0.39 is 0 Å². The Hall–Kier alpha value is -1.76. The van der Waals surface area contributed by atoms with Crippen LogP contribution in [0.3, 0.4) is 0 Å². The average molecular weight is 424 g/mol.